The van der Waals surface area contributed by atoms with E-state index in [0.29, 0.717) is 6.61 Å². The molecule has 1 aliphatic heterocycles. The van der Waals surface area contributed by atoms with Crippen LogP contribution in [0.1, 0.15) is 18.4 Å². The van der Waals surface area contributed by atoms with Crippen LogP contribution in [0.5, 0.6) is 0 Å². The number of aromatic nitrogens is 2. The van der Waals surface area contributed by atoms with E-state index >= 15 is 0 Å². The van der Waals surface area contributed by atoms with Crippen molar-refractivity contribution in [2.45, 2.75) is 25.9 Å². The molecule has 1 fully saturated rings. The Labute approximate surface area is 140 Å². The van der Waals surface area contributed by atoms with Crippen molar-refractivity contribution in [1.82, 2.24) is 9.97 Å². The van der Waals surface area contributed by atoms with Gasteiger partial charge in [-0.1, -0.05) is 6.07 Å². The first-order valence-corrected chi connectivity index (χ1v) is 8.18. The number of ether oxygens (including phenoxy) is 1. The summed E-state index contributed by atoms with van der Waals surface area (Å²) in [6.07, 6.45) is 1.42. The standard InChI is InChI=1S/C19H19N3O2/c1-12-4-9-15-16(11-12)22-18(21-15)13-5-7-14(8-6-13)20-19(23)17-3-2-10-24-17/h4-9,11,17H,2-3,10H2,1H3,(H,20,23)(H,21,22). The third-order valence-electron chi connectivity index (χ3n) is 4.29. The summed E-state index contributed by atoms with van der Waals surface area (Å²) < 4.78 is 5.40. The molecule has 2 aromatic carbocycles. The Balaban J connectivity index is 1.53. The van der Waals surface area contributed by atoms with Crippen LogP contribution < -0.4 is 5.32 Å². The van der Waals surface area contributed by atoms with Crippen molar-refractivity contribution in [3.8, 4) is 11.4 Å². The van der Waals surface area contributed by atoms with Crippen LogP contribution in [-0.2, 0) is 9.53 Å². The van der Waals surface area contributed by atoms with E-state index in [-0.39, 0.29) is 12.0 Å². The van der Waals surface area contributed by atoms with Crippen LogP contribution in [0.25, 0.3) is 22.4 Å². The Morgan fingerprint density at radius 1 is 1.25 bits per heavy atom. The first kappa shape index (κ1) is 14.9. The summed E-state index contributed by atoms with van der Waals surface area (Å²) in [4.78, 5) is 20.0. The molecule has 122 valence electrons. The normalized spacial score (nSPS) is 17.3. The van der Waals surface area contributed by atoms with E-state index in [1.54, 1.807) is 0 Å². The minimum absolute atomic E-state index is 0.0699. The van der Waals surface area contributed by atoms with Crippen molar-refractivity contribution in [2.24, 2.45) is 0 Å². The lowest BCUT2D eigenvalue weighted by Crippen LogP contribution is -2.26. The van der Waals surface area contributed by atoms with Gasteiger partial charge in [-0.2, -0.15) is 0 Å². The van der Waals surface area contributed by atoms with Gasteiger partial charge in [-0.25, -0.2) is 4.98 Å². The number of rotatable bonds is 3. The van der Waals surface area contributed by atoms with Crippen molar-refractivity contribution >= 4 is 22.6 Å². The largest absolute Gasteiger partial charge is 0.368 e. The van der Waals surface area contributed by atoms with Gasteiger partial charge < -0.3 is 15.0 Å². The number of aryl methyl sites for hydroxylation is 1. The van der Waals surface area contributed by atoms with Crippen LogP contribution in [0, 0.1) is 6.92 Å². The molecule has 1 unspecified atom stereocenters. The number of H-pyrrole nitrogens is 1. The Bertz CT molecular complexity index is 877. The number of hydrogen-bond donors (Lipinski definition) is 2. The number of amides is 1. The van der Waals surface area contributed by atoms with Crippen molar-refractivity contribution in [3.05, 3.63) is 48.0 Å². The molecular formula is C19H19N3O2. The number of carbonyl (C=O) groups is 1. The molecule has 1 amide bonds. The molecule has 2 N–H and O–H groups in total. The molecule has 3 aromatic rings. The summed E-state index contributed by atoms with van der Waals surface area (Å²) in [5, 5.41) is 2.90. The number of carbonyl (C=O) groups excluding carboxylic acids is 1. The maximum atomic E-state index is 12.1. The SMILES string of the molecule is Cc1ccc2nc(-c3ccc(NC(=O)C4CCCO4)cc3)[nH]c2c1. The van der Waals surface area contributed by atoms with Gasteiger partial charge >= 0.3 is 0 Å². The van der Waals surface area contributed by atoms with Crippen molar-refractivity contribution in [2.75, 3.05) is 11.9 Å². The number of anilines is 1. The highest BCUT2D eigenvalue weighted by Crippen LogP contribution is 2.23. The van der Waals surface area contributed by atoms with Gasteiger partial charge in [-0.3, -0.25) is 4.79 Å². The zero-order valence-corrected chi connectivity index (χ0v) is 13.5. The van der Waals surface area contributed by atoms with Crippen LogP contribution in [0.2, 0.25) is 0 Å². The average Bonchev–Trinajstić information content (AvgIpc) is 3.24. The van der Waals surface area contributed by atoms with E-state index < -0.39 is 0 Å². The molecule has 5 heteroatoms. The Morgan fingerprint density at radius 2 is 2.08 bits per heavy atom. The van der Waals surface area contributed by atoms with Gasteiger partial charge in [-0.05, 0) is 61.7 Å². The highest BCUT2D eigenvalue weighted by atomic mass is 16.5. The highest BCUT2D eigenvalue weighted by molar-refractivity contribution is 5.94. The van der Waals surface area contributed by atoms with E-state index in [4.69, 9.17) is 4.74 Å². The first-order chi connectivity index (χ1) is 11.7. The second-order valence-corrected chi connectivity index (χ2v) is 6.17. The number of nitrogens with one attached hydrogen (secondary N) is 2. The lowest BCUT2D eigenvalue weighted by molar-refractivity contribution is -0.124. The summed E-state index contributed by atoms with van der Waals surface area (Å²) in [5.74, 6) is 0.757. The van der Waals surface area contributed by atoms with Gasteiger partial charge in [0.15, 0.2) is 0 Å². The van der Waals surface area contributed by atoms with Gasteiger partial charge in [0.05, 0.1) is 11.0 Å². The predicted octanol–water partition coefficient (Wildman–Crippen LogP) is 3.66. The van der Waals surface area contributed by atoms with Gasteiger partial charge in [0.2, 0.25) is 0 Å². The molecule has 1 aromatic heterocycles. The molecular weight excluding hydrogens is 302 g/mol. The van der Waals surface area contributed by atoms with Crippen LogP contribution in [-0.4, -0.2) is 28.6 Å². The van der Waals surface area contributed by atoms with Gasteiger partial charge in [-0.15, -0.1) is 0 Å². The summed E-state index contributed by atoms with van der Waals surface area (Å²) in [7, 11) is 0. The number of hydrogen-bond acceptors (Lipinski definition) is 3. The molecule has 0 saturated carbocycles. The van der Waals surface area contributed by atoms with E-state index in [1.165, 1.54) is 5.56 Å². The molecule has 0 radical (unpaired) electrons. The fraction of sp³-hybridized carbons (Fsp3) is 0.263. The lowest BCUT2D eigenvalue weighted by atomic mass is 10.2. The molecule has 5 nitrogen and oxygen atoms in total. The zero-order chi connectivity index (χ0) is 16.5. The van der Waals surface area contributed by atoms with E-state index in [2.05, 4.69) is 34.3 Å². The van der Waals surface area contributed by atoms with Crippen LogP contribution >= 0.6 is 0 Å². The Morgan fingerprint density at radius 3 is 2.83 bits per heavy atom. The quantitative estimate of drug-likeness (QED) is 0.773. The summed E-state index contributed by atoms with van der Waals surface area (Å²) in [6.45, 7) is 2.73. The van der Waals surface area contributed by atoms with Crippen LogP contribution in [0.4, 0.5) is 5.69 Å². The van der Waals surface area contributed by atoms with Crippen molar-refractivity contribution in [1.29, 1.82) is 0 Å². The molecule has 24 heavy (non-hydrogen) atoms. The molecule has 1 saturated heterocycles. The number of nitrogens with zero attached hydrogens (tertiary/aromatic N) is 1. The lowest BCUT2D eigenvalue weighted by Gasteiger charge is -2.10. The second-order valence-electron chi connectivity index (χ2n) is 6.17. The topological polar surface area (TPSA) is 67.0 Å². The van der Waals surface area contributed by atoms with Gasteiger partial charge in [0.1, 0.15) is 11.9 Å². The minimum Gasteiger partial charge on any atom is -0.368 e. The summed E-state index contributed by atoms with van der Waals surface area (Å²) in [5.41, 5.74) is 4.93. The monoisotopic (exact) mass is 321 g/mol. The summed E-state index contributed by atoms with van der Waals surface area (Å²) in [6, 6.07) is 13.8. The smallest absolute Gasteiger partial charge is 0.253 e. The summed E-state index contributed by atoms with van der Waals surface area (Å²) >= 11 is 0. The van der Waals surface area contributed by atoms with E-state index in [0.717, 1.165) is 41.0 Å². The molecule has 0 bridgehead atoms. The van der Waals surface area contributed by atoms with Crippen molar-refractivity contribution in [3.63, 3.8) is 0 Å². The van der Waals surface area contributed by atoms with Crippen LogP contribution in [0.15, 0.2) is 42.5 Å². The van der Waals surface area contributed by atoms with Crippen LogP contribution in [0.3, 0.4) is 0 Å². The Kier molecular flexibility index (Phi) is 3.78. The van der Waals surface area contributed by atoms with E-state index in [1.807, 2.05) is 30.3 Å². The predicted molar refractivity (Wildman–Crippen MR) is 93.9 cm³/mol. The fourth-order valence-corrected chi connectivity index (χ4v) is 2.98. The number of benzene rings is 2. The van der Waals surface area contributed by atoms with Crippen molar-refractivity contribution < 1.29 is 9.53 Å². The number of fused-ring (bicyclic) bond motifs is 1. The Hall–Kier alpha value is -2.66. The minimum atomic E-state index is -0.316. The maximum absolute atomic E-state index is 12.1. The molecule has 1 aliphatic rings. The third-order valence-corrected chi connectivity index (χ3v) is 4.29. The van der Waals surface area contributed by atoms with E-state index in [9.17, 15) is 4.79 Å². The molecule has 0 aliphatic carbocycles. The van der Waals surface area contributed by atoms with Gasteiger partial charge in [0.25, 0.3) is 5.91 Å². The number of aromatic amines is 1. The third kappa shape index (κ3) is 2.90. The second kappa shape index (κ2) is 6.09. The first-order valence-electron chi connectivity index (χ1n) is 8.18. The zero-order valence-electron chi connectivity index (χ0n) is 13.5. The fourth-order valence-electron chi connectivity index (χ4n) is 2.98. The molecule has 2 heterocycles. The number of imidazole rings is 1. The maximum Gasteiger partial charge on any atom is 0.253 e. The molecule has 4 rings (SSSR count). The van der Waals surface area contributed by atoms with Gasteiger partial charge in [0, 0.05) is 17.9 Å². The average molecular weight is 321 g/mol. The molecule has 0 spiro atoms. The highest BCUT2D eigenvalue weighted by Gasteiger charge is 2.23. The molecule has 1 atom stereocenters.